The number of quaternary nitrogens is 1. The summed E-state index contributed by atoms with van der Waals surface area (Å²) in [7, 11) is 1.26. The van der Waals surface area contributed by atoms with Crippen molar-refractivity contribution in [3.05, 3.63) is 29.3 Å². The van der Waals surface area contributed by atoms with Crippen LogP contribution in [0, 0.1) is 0 Å². The number of carboxylic acids is 1. The highest BCUT2D eigenvalue weighted by Gasteiger charge is 2.31. The van der Waals surface area contributed by atoms with Gasteiger partial charge in [0.05, 0.1) is 45.8 Å². The molecule has 0 aliphatic heterocycles. The van der Waals surface area contributed by atoms with Gasteiger partial charge in [0.1, 0.15) is 18.4 Å². The largest absolute Gasteiger partial charge is 0.492 e. The van der Waals surface area contributed by atoms with E-state index in [0.717, 1.165) is 32.1 Å². The lowest BCUT2D eigenvalue weighted by molar-refractivity contribution is -0.873. The van der Waals surface area contributed by atoms with Gasteiger partial charge in [-0.25, -0.2) is 4.57 Å². The zero-order valence-electron chi connectivity index (χ0n) is 18.7. The highest BCUT2D eigenvalue weighted by atomic mass is 35.5. The van der Waals surface area contributed by atoms with E-state index in [9.17, 15) is 14.3 Å². The molecular weight excluding hydrogens is 445 g/mol. The highest BCUT2D eigenvalue weighted by molar-refractivity contribution is 7.47. The molecule has 0 radical (unpaired) electrons. The van der Waals surface area contributed by atoms with Gasteiger partial charge in [-0.1, -0.05) is 49.4 Å². The summed E-state index contributed by atoms with van der Waals surface area (Å²) in [6, 6.07) is 7.39. The first-order valence-electron chi connectivity index (χ1n) is 10.5. The molecule has 0 aliphatic carbocycles. The minimum atomic E-state index is -4.30. The lowest BCUT2D eigenvalue weighted by Crippen LogP contribution is -2.42. The number of phosphoric ester groups is 1. The first-order chi connectivity index (χ1) is 14.5. The molecule has 1 aromatic rings. The molecule has 2 N–H and O–H groups in total. The topological polar surface area (TPSA) is 102 Å². The molecule has 1 rings (SSSR count). The van der Waals surface area contributed by atoms with Crippen molar-refractivity contribution in [3.63, 3.8) is 0 Å². The summed E-state index contributed by atoms with van der Waals surface area (Å²) in [6.07, 6.45) is 4.20. The molecule has 0 bridgehead atoms. The summed E-state index contributed by atoms with van der Waals surface area (Å²) in [5.74, 6) is -0.389. The maximum absolute atomic E-state index is 12.1. The number of hydrogen-bond donors (Lipinski definition) is 2. The molecule has 31 heavy (non-hydrogen) atoms. The average molecular weight is 481 g/mol. The van der Waals surface area contributed by atoms with Crippen LogP contribution in [0.5, 0.6) is 5.75 Å². The standard InChI is InChI=1S/C21H35ClNO7P/c1-23(2,3)17-18(16-21(24)25)30-31(26,27)29-15-11-7-5-4-6-10-14-28-20-13-9-8-12-19(20)22/h8-9,12-13,18H,4-7,10-11,14-17H2,1-3H3,(H-,24,25,26,27)/p+1/t18-/m1/s1. The Balaban J connectivity index is 2.14. The van der Waals surface area contributed by atoms with Crippen molar-refractivity contribution >= 4 is 25.4 Å². The fourth-order valence-corrected chi connectivity index (χ4v) is 4.12. The molecule has 8 nitrogen and oxygen atoms in total. The second-order valence-corrected chi connectivity index (χ2v) is 10.3. The third-order valence-corrected chi connectivity index (χ3v) is 5.71. The number of aliphatic carboxylic acids is 1. The summed E-state index contributed by atoms with van der Waals surface area (Å²) < 4.78 is 28.3. The molecule has 0 heterocycles. The van der Waals surface area contributed by atoms with Crippen molar-refractivity contribution in [1.82, 2.24) is 0 Å². The molecule has 1 aromatic carbocycles. The summed E-state index contributed by atoms with van der Waals surface area (Å²) >= 11 is 6.03. The summed E-state index contributed by atoms with van der Waals surface area (Å²) in [4.78, 5) is 20.9. The van der Waals surface area contributed by atoms with Crippen molar-refractivity contribution in [2.75, 3.05) is 40.9 Å². The molecular formula is C21H36ClNO7P+. The molecule has 0 aliphatic rings. The van der Waals surface area contributed by atoms with Crippen LogP contribution in [0.25, 0.3) is 0 Å². The maximum Gasteiger partial charge on any atom is 0.472 e. The van der Waals surface area contributed by atoms with Gasteiger partial charge < -0.3 is 19.2 Å². The molecule has 10 heteroatoms. The number of carboxylic acid groups (broad SMARTS) is 1. The Labute approximate surface area is 190 Å². The van der Waals surface area contributed by atoms with Gasteiger partial charge in [-0.2, -0.15) is 0 Å². The third-order valence-electron chi connectivity index (χ3n) is 4.32. The van der Waals surface area contributed by atoms with Gasteiger partial charge in [-0.15, -0.1) is 0 Å². The Bertz CT molecular complexity index is 711. The number of phosphoric acid groups is 1. The number of ether oxygens (including phenoxy) is 1. The molecule has 0 aromatic heterocycles. The fraction of sp³-hybridized carbons (Fsp3) is 0.667. The van der Waals surface area contributed by atoms with Crippen LogP contribution >= 0.6 is 19.4 Å². The van der Waals surface area contributed by atoms with Crippen molar-refractivity contribution in [2.45, 2.75) is 51.0 Å². The minimum Gasteiger partial charge on any atom is -0.492 e. The second-order valence-electron chi connectivity index (χ2n) is 8.50. The van der Waals surface area contributed by atoms with E-state index in [1.807, 2.05) is 39.3 Å². The maximum atomic E-state index is 12.1. The Morgan fingerprint density at radius 3 is 2.23 bits per heavy atom. The van der Waals surface area contributed by atoms with Gasteiger partial charge in [0.2, 0.25) is 0 Å². The van der Waals surface area contributed by atoms with E-state index in [1.54, 1.807) is 6.07 Å². The molecule has 0 amide bonds. The van der Waals surface area contributed by atoms with Gasteiger partial charge in [-0.05, 0) is 25.0 Å². The Morgan fingerprint density at radius 1 is 1.06 bits per heavy atom. The Kier molecular flexibility index (Phi) is 12.7. The van der Waals surface area contributed by atoms with Gasteiger partial charge in [-0.3, -0.25) is 13.8 Å². The molecule has 1 unspecified atom stereocenters. The molecule has 0 saturated heterocycles. The van der Waals surface area contributed by atoms with E-state index in [0.29, 0.717) is 28.3 Å². The minimum absolute atomic E-state index is 0.0908. The quantitative estimate of drug-likeness (QED) is 0.188. The van der Waals surface area contributed by atoms with Crippen LogP contribution in [0.4, 0.5) is 0 Å². The smallest absolute Gasteiger partial charge is 0.472 e. The summed E-state index contributed by atoms with van der Waals surface area (Å²) in [5, 5.41) is 9.60. The summed E-state index contributed by atoms with van der Waals surface area (Å²) in [6.45, 7) is 0.983. The number of hydrogen-bond acceptors (Lipinski definition) is 5. The number of unbranched alkanes of at least 4 members (excludes halogenated alkanes) is 5. The number of rotatable bonds is 17. The molecule has 0 fully saturated rings. The zero-order valence-corrected chi connectivity index (χ0v) is 20.3. The van der Waals surface area contributed by atoms with Crippen molar-refractivity contribution in [1.29, 1.82) is 0 Å². The van der Waals surface area contributed by atoms with E-state index >= 15 is 0 Å². The van der Waals surface area contributed by atoms with Gasteiger partial charge >= 0.3 is 13.8 Å². The van der Waals surface area contributed by atoms with Crippen LogP contribution in [0.2, 0.25) is 5.02 Å². The predicted molar refractivity (Wildman–Crippen MR) is 120 cm³/mol. The molecule has 0 saturated carbocycles. The number of nitrogens with zero attached hydrogens (tertiary/aromatic N) is 1. The summed E-state index contributed by atoms with van der Waals surface area (Å²) in [5.41, 5.74) is 0. The van der Waals surface area contributed by atoms with E-state index in [-0.39, 0.29) is 19.6 Å². The van der Waals surface area contributed by atoms with Crippen LogP contribution in [-0.2, 0) is 18.4 Å². The predicted octanol–water partition coefficient (Wildman–Crippen LogP) is 4.74. The van der Waals surface area contributed by atoms with E-state index in [2.05, 4.69) is 0 Å². The lowest BCUT2D eigenvalue weighted by Gasteiger charge is -2.29. The van der Waals surface area contributed by atoms with Crippen molar-refractivity contribution < 1.29 is 37.6 Å². The third kappa shape index (κ3) is 14.5. The number of para-hydroxylation sites is 1. The van der Waals surface area contributed by atoms with Crippen LogP contribution in [0.15, 0.2) is 24.3 Å². The Morgan fingerprint density at radius 2 is 1.65 bits per heavy atom. The van der Waals surface area contributed by atoms with Gasteiger partial charge in [0.15, 0.2) is 0 Å². The van der Waals surface area contributed by atoms with Crippen molar-refractivity contribution in [3.8, 4) is 5.75 Å². The van der Waals surface area contributed by atoms with E-state index in [4.69, 9.17) is 30.5 Å². The normalized spacial score (nSPS) is 14.7. The van der Waals surface area contributed by atoms with Crippen LogP contribution in [0.3, 0.4) is 0 Å². The second kappa shape index (κ2) is 14.1. The molecule has 0 spiro atoms. The number of likely N-dealkylation sites (N-methyl/N-ethyl adjacent to an activating group) is 1. The lowest BCUT2D eigenvalue weighted by atomic mass is 10.1. The van der Waals surface area contributed by atoms with Gasteiger partial charge in [0, 0.05) is 0 Å². The SMILES string of the molecule is C[N+](C)(C)C[C@@H](CC(=O)O)OP(=O)(O)OCCCCCCCCOc1ccccc1Cl. The van der Waals surface area contributed by atoms with Crippen LogP contribution in [0.1, 0.15) is 44.9 Å². The van der Waals surface area contributed by atoms with Crippen molar-refractivity contribution in [2.24, 2.45) is 0 Å². The van der Waals surface area contributed by atoms with E-state index < -0.39 is 19.9 Å². The van der Waals surface area contributed by atoms with Crippen LogP contribution < -0.4 is 4.74 Å². The average Bonchev–Trinajstić information content (AvgIpc) is 2.62. The van der Waals surface area contributed by atoms with Crippen LogP contribution in [-0.4, -0.2) is 67.5 Å². The number of carbonyl (C=O) groups is 1. The first-order valence-corrected chi connectivity index (χ1v) is 12.4. The monoisotopic (exact) mass is 480 g/mol. The first kappa shape index (κ1) is 27.9. The number of benzene rings is 1. The number of halogens is 1. The van der Waals surface area contributed by atoms with E-state index in [1.165, 1.54) is 0 Å². The zero-order chi connectivity index (χ0) is 23.3. The Hall–Kier alpha value is -1.15. The highest BCUT2D eigenvalue weighted by Crippen LogP contribution is 2.45. The molecule has 2 atom stereocenters. The van der Waals surface area contributed by atoms with Gasteiger partial charge in [0.25, 0.3) is 0 Å². The fourth-order valence-electron chi connectivity index (χ4n) is 2.99. The molecule has 178 valence electrons.